The number of thiocarbonyl (C=S) groups is 1. The van der Waals surface area contributed by atoms with E-state index >= 15 is 0 Å². The number of benzene rings is 1. The van der Waals surface area contributed by atoms with Gasteiger partial charge in [-0.1, -0.05) is 25.5 Å². The molecule has 0 bridgehead atoms. The van der Waals surface area contributed by atoms with E-state index in [0.717, 1.165) is 12.8 Å². The highest BCUT2D eigenvalue weighted by atomic mass is 32.1. The number of rotatable bonds is 8. The first-order chi connectivity index (χ1) is 12.1. The fraction of sp³-hybridized carbons (Fsp3) is 0.278. The van der Waals surface area contributed by atoms with Crippen molar-refractivity contribution in [2.75, 3.05) is 13.2 Å². The van der Waals surface area contributed by atoms with E-state index in [1.807, 2.05) is 24.3 Å². The number of furan rings is 1. The van der Waals surface area contributed by atoms with Crippen molar-refractivity contribution < 1.29 is 18.7 Å². The van der Waals surface area contributed by atoms with Crippen LogP contribution in [0.5, 0.6) is 5.75 Å². The van der Waals surface area contributed by atoms with Crippen molar-refractivity contribution in [2.45, 2.75) is 19.8 Å². The van der Waals surface area contributed by atoms with Gasteiger partial charge in [0.15, 0.2) is 16.7 Å². The summed E-state index contributed by atoms with van der Waals surface area (Å²) in [6, 6.07) is 10.8. The fourth-order valence-corrected chi connectivity index (χ4v) is 2.22. The summed E-state index contributed by atoms with van der Waals surface area (Å²) in [7, 11) is 0. The number of hydrogen-bond acceptors (Lipinski definition) is 5. The fourth-order valence-electron chi connectivity index (χ4n) is 2.05. The van der Waals surface area contributed by atoms with Gasteiger partial charge in [0.2, 0.25) is 0 Å². The summed E-state index contributed by atoms with van der Waals surface area (Å²) in [6.45, 7) is 2.01. The van der Waals surface area contributed by atoms with Gasteiger partial charge < -0.3 is 14.5 Å². The number of hydrogen-bond donors (Lipinski definition) is 2. The lowest BCUT2D eigenvalue weighted by Crippen LogP contribution is -2.42. The number of nitrogens with one attached hydrogen (secondary N) is 2. The van der Waals surface area contributed by atoms with Crippen molar-refractivity contribution in [3.8, 4) is 5.75 Å². The molecule has 0 aliphatic heterocycles. The van der Waals surface area contributed by atoms with E-state index < -0.39 is 5.91 Å². The molecular formula is C18H20N2O4S. The van der Waals surface area contributed by atoms with Crippen molar-refractivity contribution in [3.05, 3.63) is 54.0 Å². The lowest BCUT2D eigenvalue weighted by atomic mass is 10.1. The average molecular weight is 360 g/mol. The van der Waals surface area contributed by atoms with Crippen LogP contribution in [0.1, 0.15) is 29.5 Å². The number of ether oxygens (including phenoxy) is 1. The highest BCUT2D eigenvalue weighted by Gasteiger charge is 2.11. The number of amides is 1. The van der Waals surface area contributed by atoms with Crippen molar-refractivity contribution in [3.63, 3.8) is 0 Å². The minimum Gasteiger partial charge on any atom is -0.486 e. The number of carbonyl (C=O) groups excluding carboxylic acids is 2. The first-order valence-corrected chi connectivity index (χ1v) is 8.35. The second kappa shape index (κ2) is 9.58. The molecule has 132 valence electrons. The molecule has 2 rings (SSSR count). The summed E-state index contributed by atoms with van der Waals surface area (Å²) in [5, 5.41) is 5.14. The third-order valence-electron chi connectivity index (χ3n) is 3.28. The van der Waals surface area contributed by atoms with Gasteiger partial charge in [0, 0.05) is 0 Å². The van der Waals surface area contributed by atoms with Crippen LogP contribution in [0.25, 0.3) is 0 Å². The Labute approximate surface area is 151 Å². The van der Waals surface area contributed by atoms with E-state index in [0.29, 0.717) is 5.75 Å². The Morgan fingerprint density at radius 3 is 2.60 bits per heavy atom. The minimum absolute atomic E-state index is 0.0365. The van der Waals surface area contributed by atoms with Gasteiger partial charge in [-0.25, -0.2) is 0 Å². The number of carbonyl (C=O) groups is 2. The van der Waals surface area contributed by atoms with E-state index in [9.17, 15) is 9.59 Å². The molecule has 0 aliphatic rings. The maximum Gasteiger partial charge on any atom is 0.293 e. The first-order valence-electron chi connectivity index (χ1n) is 7.94. The second-order valence-corrected chi connectivity index (χ2v) is 5.74. The highest BCUT2D eigenvalue weighted by Crippen LogP contribution is 2.13. The van der Waals surface area contributed by atoms with Gasteiger partial charge in [-0.2, -0.15) is 0 Å². The van der Waals surface area contributed by atoms with E-state index in [2.05, 4.69) is 17.6 Å². The van der Waals surface area contributed by atoms with Crippen LogP contribution in [0.3, 0.4) is 0 Å². The monoisotopic (exact) mass is 360 g/mol. The third kappa shape index (κ3) is 6.39. The lowest BCUT2D eigenvalue weighted by molar-refractivity contribution is -0.119. The van der Waals surface area contributed by atoms with Gasteiger partial charge in [0.1, 0.15) is 12.4 Å². The molecule has 0 fully saturated rings. The van der Waals surface area contributed by atoms with E-state index in [1.165, 1.54) is 17.9 Å². The van der Waals surface area contributed by atoms with Gasteiger partial charge in [-0.05, 0) is 48.5 Å². The van der Waals surface area contributed by atoms with Crippen LogP contribution in [0, 0.1) is 0 Å². The molecule has 0 aliphatic carbocycles. The Morgan fingerprint density at radius 2 is 1.96 bits per heavy atom. The van der Waals surface area contributed by atoms with Gasteiger partial charge in [0.05, 0.1) is 12.8 Å². The Hall–Kier alpha value is -2.67. The number of Topliss-reactive ketones (excluding diaryl/α,β-unsaturated/α-hetero) is 1. The summed E-state index contributed by atoms with van der Waals surface area (Å²) in [5.41, 5.74) is 1.24. The standard InChI is InChI=1S/C18H20N2O4S/c1-2-4-13-6-8-15(9-7-13)24-12-14(21)11-19-18(25)20-17(22)16-5-3-10-23-16/h3,5-10H,2,4,11-12H2,1H3,(H2,19,20,22,25). The molecule has 1 amide bonds. The summed E-state index contributed by atoms with van der Waals surface area (Å²) >= 11 is 4.96. The van der Waals surface area contributed by atoms with Crippen LogP contribution in [0.15, 0.2) is 47.1 Å². The topological polar surface area (TPSA) is 80.6 Å². The second-order valence-electron chi connectivity index (χ2n) is 5.34. The zero-order valence-electron chi connectivity index (χ0n) is 13.9. The number of ketones is 1. The molecule has 1 aromatic heterocycles. The Balaban J connectivity index is 1.68. The van der Waals surface area contributed by atoms with Crippen molar-refractivity contribution in [1.29, 1.82) is 0 Å². The molecule has 0 radical (unpaired) electrons. The Morgan fingerprint density at radius 1 is 1.20 bits per heavy atom. The normalized spacial score (nSPS) is 10.1. The van der Waals surface area contributed by atoms with Crippen molar-refractivity contribution in [2.24, 2.45) is 0 Å². The van der Waals surface area contributed by atoms with Crippen LogP contribution in [0.2, 0.25) is 0 Å². The molecule has 0 saturated carbocycles. The van der Waals surface area contributed by atoms with Crippen LogP contribution < -0.4 is 15.4 Å². The van der Waals surface area contributed by atoms with E-state index in [4.69, 9.17) is 21.4 Å². The van der Waals surface area contributed by atoms with Gasteiger partial charge >= 0.3 is 0 Å². The molecule has 6 nitrogen and oxygen atoms in total. The van der Waals surface area contributed by atoms with Crippen molar-refractivity contribution in [1.82, 2.24) is 10.6 Å². The Kier molecular flexibility index (Phi) is 7.16. The maximum absolute atomic E-state index is 11.8. The maximum atomic E-state index is 11.8. The molecule has 1 aromatic carbocycles. The summed E-state index contributed by atoms with van der Waals surface area (Å²) in [5.74, 6) is 0.123. The molecule has 0 saturated heterocycles. The van der Waals surface area contributed by atoms with Crippen LogP contribution >= 0.6 is 12.2 Å². The van der Waals surface area contributed by atoms with Crippen LogP contribution in [0.4, 0.5) is 0 Å². The molecule has 0 atom stereocenters. The molecule has 0 unspecified atom stereocenters. The molecule has 25 heavy (non-hydrogen) atoms. The minimum atomic E-state index is -0.474. The van der Waals surface area contributed by atoms with E-state index in [1.54, 1.807) is 6.07 Å². The quantitative estimate of drug-likeness (QED) is 0.704. The molecule has 7 heteroatoms. The van der Waals surface area contributed by atoms with Crippen molar-refractivity contribution >= 4 is 29.0 Å². The predicted molar refractivity (Wildman–Crippen MR) is 97.7 cm³/mol. The molecule has 0 spiro atoms. The van der Waals surface area contributed by atoms with E-state index in [-0.39, 0.29) is 29.8 Å². The SMILES string of the molecule is CCCc1ccc(OCC(=O)CNC(=S)NC(=O)c2ccco2)cc1. The zero-order chi connectivity index (χ0) is 18.1. The van der Waals surface area contributed by atoms with Gasteiger partial charge in [-0.3, -0.25) is 14.9 Å². The van der Waals surface area contributed by atoms with Crippen LogP contribution in [-0.2, 0) is 11.2 Å². The molecule has 1 heterocycles. The lowest BCUT2D eigenvalue weighted by Gasteiger charge is -2.09. The zero-order valence-corrected chi connectivity index (χ0v) is 14.7. The highest BCUT2D eigenvalue weighted by molar-refractivity contribution is 7.80. The molecular weight excluding hydrogens is 340 g/mol. The third-order valence-corrected chi connectivity index (χ3v) is 3.53. The molecule has 2 N–H and O–H groups in total. The smallest absolute Gasteiger partial charge is 0.293 e. The largest absolute Gasteiger partial charge is 0.486 e. The van der Waals surface area contributed by atoms with Gasteiger partial charge in [-0.15, -0.1) is 0 Å². The summed E-state index contributed by atoms with van der Waals surface area (Å²) in [6.07, 6.45) is 3.49. The predicted octanol–water partition coefficient (Wildman–Crippen LogP) is 2.48. The van der Waals surface area contributed by atoms with Gasteiger partial charge in [0.25, 0.3) is 5.91 Å². The molecule has 2 aromatic rings. The number of aryl methyl sites for hydroxylation is 1. The summed E-state index contributed by atoms with van der Waals surface area (Å²) in [4.78, 5) is 23.5. The average Bonchev–Trinajstić information content (AvgIpc) is 3.14. The summed E-state index contributed by atoms with van der Waals surface area (Å²) < 4.78 is 10.4. The Bertz CT molecular complexity index is 711. The first kappa shape index (κ1) is 18.7. The van der Waals surface area contributed by atoms with Crippen LogP contribution in [-0.4, -0.2) is 30.0 Å².